The van der Waals surface area contributed by atoms with Gasteiger partial charge in [-0.3, -0.25) is 9.78 Å². The summed E-state index contributed by atoms with van der Waals surface area (Å²) in [6.45, 7) is 1.93. The van der Waals surface area contributed by atoms with Crippen LogP contribution in [0.5, 0.6) is 0 Å². The van der Waals surface area contributed by atoms with Gasteiger partial charge in [-0.25, -0.2) is 0 Å². The summed E-state index contributed by atoms with van der Waals surface area (Å²) in [7, 11) is 0. The molecule has 0 radical (unpaired) electrons. The van der Waals surface area contributed by atoms with Crippen molar-refractivity contribution in [2.45, 2.75) is 18.9 Å². The van der Waals surface area contributed by atoms with Crippen molar-refractivity contribution >= 4 is 5.91 Å². The highest BCUT2D eigenvalue weighted by Crippen LogP contribution is 2.03. The van der Waals surface area contributed by atoms with Crippen LogP contribution in [0.25, 0.3) is 0 Å². The zero-order valence-corrected chi connectivity index (χ0v) is 8.57. The molecule has 0 spiro atoms. The second-order valence-electron chi connectivity index (χ2n) is 3.75. The summed E-state index contributed by atoms with van der Waals surface area (Å²) in [5.41, 5.74) is 0.676. The van der Waals surface area contributed by atoms with Gasteiger partial charge in [-0.05, 0) is 31.5 Å². The lowest BCUT2D eigenvalue weighted by atomic mass is 10.1. The summed E-state index contributed by atoms with van der Waals surface area (Å²) in [4.78, 5) is 15.6. The molecule has 0 aromatic carbocycles. The van der Waals surface area contributed by atoms with Gasteiger partial charge in [-0.15, -0.1) is 0 Å². The molecule has 80 valence electrons. The van der Waals surface area contributed by atoms with E-state index in [1.807, 2.05) is 0 Å². The average Bonchev–Trinajstić information content (AvgIpc) is 2.31. The number of piperidine rings is 1. The molecule has 2 rings (SSSR count). The van der Waals surface area contributed by atoms with Gasteiger partial charge >= 0.3 is 0 Å². The van der Waals surface area contributed by atoms with Crippen LogP contribution in [-0.2, 0) is 0 Å². The summed E-state index contributed by atoms with van der Waals surface area (Å²) in [5.74, 6) is -0.00824. The molecule has 1 fully saturated rings. The Bertz CT molecular complexity index is 320. The van der Waals surface area contributed by atoms with Crippen molar-refractivity contribution < 1.29 is 4.79 Å². The zero-order chi connectivity index (χ0) is 10.5. The lowest BCUT2D eigenvalue weighted by molar-refractivity contribution is 0.0930. The molecule has 1 aliphatic heterocycles. The Labute approximate surface area is 89.1 Å². The Hall–Kier alpha value is -1.42. The fourth-order valence-electron chi connectivity index (χ4n) is 1.75. The second-order valence-corrected chi connectivity index (χ2v) is 3.75. The van der Waals surface area contributed by atoms with Gasteiger partial charge in [-0.1, -0.05) is 0 Å². The first-order valence-electron chi connectivity index (χ1n) is 5.28. The van der Waals surface area contributed by atoms with E-state index in [9.17, 15) is 4.79 Å². The number of rotatable bonds is 2. The largest absolute Gasteiger partial charge is 0.348 e. The van der Waals surface area contributed by atoms with Crippen LogP contribution in [-0.4, -0.2) is 30.0 Å². The summed E-state index contributed by atoms with van der Waals surface area (Å²) < 4.78 is 0. The SMILES string of the molecule is O=C(NC1CCCNC1)c1ccncc1. The molecule has 1 aromatic rings. The lowest BCUT2D eigenvalue weighted by Crippen LogP contribution is -2.45. The van der Waals surface area contributed by atoms with E-state index < -0.39 is 0 Å². The van der Waals surface area contributed by atoms with Crippen LogP contribution in [0.15, 0.2) is 24.5 Å². The highest BCUT2D eigenvalue weighted by molar-refractivity contribution is 5.94. The van der Waals surface area contributed by atoms with Crippen molar-refractivity contribution in [2.75, 3.05) is 13.1 Å². The van der Waals surface area contributed by atoms with Crippen molar-refractivity contribution in [2.24, 2.45) is 0 Å². The maximum Gasteiger partial charge on any atom is 0.251 e. The smallest absolute Gasteiger partial charge is 0.251 e. The van der Waals surface area contributed by atoms with E-state index in [0.29, 0.717) is 5.56 Å². The molecule has 1 unspecified atom stereocenters. The maximum atomic E-state index is 11.7. The first-order valence-corrected chi connectivity index (χ1v) is 5.28. The number of aromatic nitrogens is 1. The predicted octanol–water partition coefficient (Wildman–Crippen LogP) is 0.563. The van der Waals surface area contributed by atoms with E-state index in [-0.39, 0.29) is 11.9 Å². The van der Waals surface area contributed by atoms with Crippen molar-refractivity contribution in [3.8, 4) is 0 Å². The average molecular weight is 205 g/mol. The Kier molecular flexibility index (Phi) is 3.29. The monoisotopic (exact) mass is 205 g/mol. The first kappa shape index (κ1) is 10.1. The number of nitrogens with zero attached hydrogens (tertiary/aromatic N) is 1. The van der Waals surface area contributed by atoms with Gasteiger partial charge in [0.15, 0.2) is 0 Å². The molecule has 4 nitrogen and oxygen atoms in total. The lowest BCUT2D eigenvalue weighted by Gasteiger charge is -2.23. The minimum Gasteiger partial charge on any atom is -0.348 e. The fraction of sp³-hybridized carbons (Fsp3) is 0.455. The van der Waals surface area contributed by atoms with E-state index in [2.05, 4.69) is 15.6 Å². The first-order chi connectivity index (χ1) is 7.36. The van der Waals surface area contributed by atoms with E-state index in [0.717, 1.165) is 25.9 Å². The Morgan fingerprint density at radius 3 is 2.93 bits per heavy atom. The Morgan fingerprint density at radius 2 is 2.27 bits per heavy atom. The Morgan fingerprint density at radius 1 is 1.47 bits per heavy atom. The van der Waals surface area contributed by atoms with Crippen LogP contribution in [0.4, 0.5) is 0 Å². The van der Waals surface area contributed by atoms with Crippen LogP contribution < -0.4 is 10.6 Å². The van der Waals surface area contributed by atoms with Gasteiger partial charge < -0.3 is 10.6 Å². The van der Waals surface area contributed by atoms with E-state index >= 15 is 0 Å². The van der Waals surface area contributed by atoms with Gasteiger partial charge in [0.05, 0.1) is 0 Å². The molecule has 1 amide bonds. The molecular formula is C11H15N3O. The van der Waals surface area contributed by atoms with Crippen molar-refractivity contribution in [1.29, 1.82) is 0 Å². The van der Waals surface area contributed by atoms with Crippen LogP contribution in [0.1, 0.15) is 23.2 Å². The summed E-state index contributed by atoms with van der Waals surface area (Å²) >= 11 is 0. The maximum absolute atomic E-state index is 11.7. The van der Waals surface area contributed by atoms with Crippen LogP contribution in [0.2, 0.25) is 0 Å². The topological polar surface area (TPSA) is 54.0 Å². The van der Waals surface area contributed by atoms with Gasteiger partial charge in [-0.2, -0.15) is 0 Å². The number of pyridine rings is 1. The minimum atomic E-state index is -0.00824. The van der Waals surface area contributed by atoms with Crippen LogP contribution >= 0.6 is 0 Å². The molecule has 0 saturated carbocycles. The number of amides is 1. The standard InChI is InChI=1S/C11H15N3O/c15-11(9-3-6-12-7-4-9)14-10-2-1-5-13-8-10/h3-4,6-7,10,13H,1-2,5,8H2,(H,14,15). The molecule has 0 bridgehead atoms. The number of carbonyl (C=O) groups excluding carboxylic acids is 1. The highest BCUT2D eigenvalue weighted by atomic mass is 16.1. The number of nitrogens with one attached hydrogen (secondary N) is 2. The molecule has 4 heteroatoms. The summed E-state index contributed by atoms with van der Waals surface area (Å²) in [6.07, 6.45) is 5.45. The van der Waals surface area contributed by atoms with E-state index in [4.69, 9.17) is 0 Å². The molecule has 2 heterocycles. The molecule has 15 heavy (non-hydrogen) atoms. The quantitative estimate of drug-likeness (QED) is 0.742. The van der Waals surface area contributed by atoms with Crippen LogP contribution in [0.3, 0.4) is 0 Å². The molecule has 1 atom stereocenters. The predicted molar refractivity (Wildman–Crippen MR) is 57.6 cm³/mol. The Balaban J connectivity index is 1.91. The molecular weight excluding hydrogens is 190 g/mol. The molecule has 1 aromatic heterocycles. The van der Waals surface area contributed by atoms with E-state index in [1.165, 1.54) is 0 Å². The van der Waals surface area contributed by atoms with Gasteiger partial charge in [0.1, 0.15) is 0 Å². The minimum absolute atomic E-state index is 0.00824. The normalized spacial score (nSPS) is 20.9. The van der Waals surface area contributed by atoms with Gasteiger partial charge in [0.2, 0.25) is 0 Å². The fourth-order valence-corrected chi connectivity index (χ4v) is 1.75. The van der Waals surface area contributed by atoms with Gasteiger partial charge in [0.25, 0.3) is 5.91 Å². The number of hydrogen-bond donors (Lipinski definition) is 2. The third-order valence-corrected chi connectivity index (χ3v) is 2.57. The third kappa shape index (κ3) is 2.76. The van der Waals surface area contributed by atoms with Crippen LogP contribution in [0, 0.1) is 0 Å². The summed E-state index contributed by atoms with van der Waals surface area (Å²) in [5, 5.41) is 6.27. The van der Waals surface area contributed by atoms with E-state index in [1.54, 1.807) is 24.5 Å². The van der Waals surface area contributed by atoms with Crippen molar-refractivity contribution in [3.05, 3.63) is 30.1 Å². The van der Waals surface area contributed by atoms with Crippen molar-refractivity contribution in [3.63, 3.8) is 0 Å². The zero-order valence-electron chi connectivity index (χ0n) is 8.57. The molecule has 1 saturated heterocycles. The number of hydrogen-bond acceptors (Lipinski definition) is 3. The third-order valence-electron chi connectivity index (χ3n) is 2.57. The molecule has 2 N–H and O–H groups in total. The summed E-state index contributed by atoms with van der Waals surface area (Å²) in [6, 6.07) is 3.72. The molecule has 1 aliphatic rings. The second kappa shape index (κ2) is 4.89. The highest BCUT2D eigenvalue weighted by Gasteiger charge is 2.15. The number of carbonyl (C=O) groups is 1. The molecule has 0 aliphatic carbocycles. The van der Waals surface area contributed by atoms with Gasteiger partial charge in [0, 0.05) is 30.5 Å². The van der Waals surface area contributed by atoms with Crippen molar-refractivity contribution in [1.82, 2.24) is 15.6 Å².